The molecule has 4 aliphatic carbocycles. The van der Waals surface area contributed by atoms with E-state index in [9.17, 15) is 14.4 Å². The average molecular weight is 597 g/mol. The van der Waals surface area contributed by atoms with E-state index in [1.54, 1.807) is 13.0 Å². The van der Waals surface area contributed by atoms with E-state index in [1.807, 2.05) is 37.3 Å². The number of aliphatic imine (C=N–C) groups is 1. The fourth-order valence-corrected chi connectivity index (χ4v) is 7.58. The molecule has 4 bridgehead atoms. The summed E-state index contributed by atoms with van der Waals surface area (Å²) in [6, 6.07) is 8.66. The molecule has 1 amide bonds. The first kappa shape index (κ1) is 32.1. The van der Waals surface area contributed by atoms with Crippen molar-refractivity contribution in [3.63, 3.8) is 0 Å². The van der Waals surface area contributed by atoms with Crippen LogP contribution in [-0.2, 0) is 33.3 Å². The summed E-state index contributed by atoms with van der Waals surface area (Å²) in [6.45, 7) is 9.33. The van der Waals surface area contributed by atoms with Crippen molar-refractivity contribution in [2.75, 3.05) is 13.9 Å². The maximum Gasteiger partial charge on any atom is 0.328 e. The van der Waals surface area contributed by atoms with Gasteiger partial charge >= 0.3 is 11.9 Å². The molecule has 1 aromatic carbocycles. The van der Waals surface area contributed by atoms with Gasteiger partial charge in [0.25, 0.3) is 5.91 Å². The molecule has 0 spiro atoms. The molecule has 10 heteroatoms. The van der Waals surface area contributed by atoms with Crippen LogP contribution >= 0.6 is 0 Å². The van der Waals surface area contributed by atoms with Crippen molar-refractivity contribution < 1.29 is 38.1 Å². The molecule has 0 unspecified atom stereocenters. The number of hydrogen-bond donors (Lipinski definition) is 1. The number of carbonyl (C=O) groups is 3. The Balaban J connectivity index is 1.49. The lowest BCUT2D eigenvalue weighted by Gasteiger charge is -2.59. The van der Waals surface area contributed by atoms with Crippen LogP contribution in [0.3, 0.4) is 0 Å². The lowest BCUT2D eigenvalue weighted by Crippen LogP contribution is -2.57. The van der Waals surface area contributed by atoms with Gasteiger partial charge in [0.1, 0.15) is 24.0 Å². The van der Waals surface area contributed by atoms with Gasteiger partial charge in [0.15, 0.2) is 17.2 Å². The van der Waals surface area contributed by atoms with Crippen molar-refractivity contribution in [3.8, 4) is 5.75 Å². The van der Waals surface area contributed by atoms with Crippen LogP contribution in [0.4, 0.5) is 0 Å². The number of para-hydroxylation sites is 1. The molecule has 3 atom stereocenters. The van der Waals surface area contributed by atoms with Gasteiger partial charge < -0.3 is 29.0 Å². The summed E-state index contributed by atoms with van der Waals surface area (Å²) in [5.74, 6) is 1.00. The molecule has 0 saturated heterocycles. The van der Waals surface area contributed by atoms with Gasteiger partial charge in [-0.25, -0.2) is 4.79 Å². The number of amides is 1. The van der Waals surface area contributed by atoms with Gasteiger partial charge in [-0.2, -0.15) is 0 Å². The number of rotatable bonds is 14. The molecule has 0 radical (unpaired) electrons. The Morgan fingerprint density at radius 2 is 1.65 bits per heavy atom. The summed E-state index contributed by atoms with van der Waals surface area (Å²) >= 11 is 0. The van der Waals surface area contributed by atoms with Crippen LogP contribution in [0.5, 0.6) is 5.75 Å². The number of ether oxygens (including phenoxy) is 5. The highest BCUT2D eigenvalue weighted by molar-refractivity contribution is 5.97. The second-order valence-electron chi connectivity index (χ2n) is 12.1. The number of esters is 2. The normalized spacial score (nSPS) is 26.7. The van der Waals surface area contributed by atoms with Crippen molar-refractivity contribution in [3.05, 3.63) is 53.6 Å². The third kappa shape index (κ3) is 7.58. The molecule has 0 aliphatic heterocycles. The van der Waals surface area contributed by atoms with Crippen molar-refractivity contribution in [2.24, 2.45) is 28.2 Å². The predicted molar refractivity (Wildman–Crippen MR) is 160 cm³/mol. The Morgan fingerprint density at radius 1 is 1.05 bits per heavy atom. The number of hydrogen-bond acceptors (Lipinski definition) is 9. The molecule has 1 N–H and O–H groups in total. The Kier molecular flexibility index (Phi) is 10.5. The predicted octanol–water partition coefficient (Wildman–Crippen LogP) is 5.09. The molecule has 0 aromatic heterocycles. The van der Waals surface area contributed by atoms with E-state index in [1.165, 1.54) is 40.2 Å². The van der Waals surface area contributed by atoms with Gasteiger partial charge in [0.2, 0.25) is 6.79 Å². The number of nitrogens with one attached hydrogen (secondary N) is 1. The maximum absolute atomic E-state index is 13.4. The van der Waals surface area contributed by atoms with Crippen molar-refractivity contribution in [2.45, 2.75) is 84.5 Å². The minimum Gasteiger partial charge on any atom is -0.493 e. The van der Waals surface area contributed by atoms with Gasteiger partial charge in [-0.15, -0.1) is 0 Å². The standard InChI is InChI=1S/C33H44N2O8/c1-7-27(39-6)29(41-19-40-22(4)36)28(34-5)31(37)35-20(2)32(38)42-21(3)30(43-26-11-9-8-10-12-26)33-16-23-13-24(17-33)15-25(14-23)18-33/h7-12,20-21,23-25,30H,5,13-19H2,1-4,6H3,(H,35,37)/b27-7+,29-28+/t20-,21-,23?,24?,25?,30-,33?/m0/s1. The molecule has 10 nitrogen and oxygen atoms in total. The molecule has 1 aromatic rings. The van der Waals surface area contributed by atoms with Crippen molar-refractivity contribution >= 4 is 24.6 Å². The Morgan fingerprint density at radius 3 is 2.16 bits per heavy atom. The molecular formula is C33H44N2O8. The topological polar surface area (TPSA) is 122 Å². The summed E-state index contributed by atoms with van der Waals surface area (Å²) in [7, 11) is 1.39. The van der Waals surface area contributed by atoms with E-state index in [0.717, 1.165) is 25.0 Å². The van der Waals surface area contributed by atoms with Crippen LogP contribution < -0.4 is 10.1 Å². The second kappa shape index (κ2) is 14.1. The molecule has 234 valence electrons. The van der Waals surface area contributed by atoms with Crippen LogP contribution in [0.2, 0.25) is 0 Å². The minimum atomic E-state index is -1.02. The number of carbonyl (C=O) groups excluding carboxylic acids is 3. The van der Waals surface area contributed by atoms with Crippen LogP contribution in [0.25, 0.3) is 0 Å². The summed E-state index contributed by atoms with van der Waals surface area (Å²) in [5.41, 5.74) is -0.301. The number of nitrogens with zero attached hydrogens (tertiary/aromatic N) is 1. The van der Waals surface area contributed by atoms with E-state index < -0.39 is 36.8 Å². The van der Waals surface area contributed by atoms with Gasteiger partial charge in [0, 0.05) is 12.3 Å². The SMILES string of the molecule is C=N/C(C(=O)N[C@@H](C)C(=O)O[C@@H](C)[C@H](Oc1ccccc1)C12CC3CC(CC(C3)C1)C2)=C(OCOC(C)=O)\C(=C/C)OC. The van der Waals surface area contributed by atoms with Gasteiger partial charge in [0.05, 0.1) is 7.11 Å². The zero-order valence-electron chi connectivity index (χ0n) is 25.8. The monoisotopic (exact) mass is 596 g/mol. The quantitative estimate of drug-likeness (QED) is 0.0788. The average Bonchev–Trinajstić information content (AvgIpc) is 2.96. The van der Waals surface area contributed by atoms with Gasteiger partial charge in [-0.1, -0.05) is 18.2 Å². The Bertz CT molecular complexity index is 1210. The lowest BCUT2D eigenvalue weighted by atomic mass is 9.47. The highest BCUT2D eigenvalue weighted by Gasteiger charge is 2.57. The van der Waals surface area contributed by atoms with Crippen LogP contribution in [0.1, 0.15) is 66.2 Å². The summed E-state index contributed by atoms with van der Waals surface area (Å²) in [4.78, 5) is 41.6. The molecule has 0 heterocycles. The zero-order chi connectivity index (χ0) is 31.1. The fourth-order valence-electron chi connectivity index (χ4n) is 7.58. The third-order valence-electron chi connectivity index (χ3n) is 8.88. The van der Waals surface area contributed by atoms with E-state index in [2.05, 4.69) is 17.0 Å². The molecule has 4 fully saturated rings. The fraction of sp³-hybridized carbons (Fsp3) is 0.576. The number of allylic oxidation sites excluding steroid dienone is 1. The third-order valence-corrected chi connectivity index (χ3v) is 8.88. The summed E-state index contributed by atoms with van der Waals surface area (Å²) < 4.78 is 28.3. The van der Waals surface area contributed by atoms with E-state index in [4.69, 9.17) is 23.7 Å². The molecule has 5 rings (SSSR count). The molecule has 4 saturated carbocycles. The zero-order valence-corrected chi connectivity index (χ0v) is 25.8. The molecular weight excluding hydrogens is 552 g/mol. The largest absolute Gasteiger partial charge is 0.493 e. The van der Waals surface area contributed by atoms with Crippen LogP contribution in [-0.4, -0.2) is 56.7 Å². The van der Waals surface area contributed by atoms with Crippen LogP contribution in [0, 0.1) is 23.2 Å². The molecule has 4 aliphatic rings. The number of methoxy groups -OCH3 is 1. The minimum absolute atomic E-state index is 0.0589. The maximum atomic E-state index is 13.4. The second-order valence-corrected chi connectivity index (χ2v) is 12.1. The summed E-state index contributed by atoms with van der Waals surface area (Å²) in [5, 5.41) is 2.63. The van der Waals surface area contributed by atoms with E-state index in [0.29, 0.717) is 17.8 Å². The van der Waals surface area contributed by atoms with Gasteiger partial charge in [-0.05, 0) is 102 Å². The summed E-state index contributed by atoms with van der Waals surface area (Å²) in [6.07, 6.45) is 7.76. The van der Waals surface area contributed by atoms with E-state index >= 15 is 0 Å². The first-order valence-electron chi connectivity index (χ1n) is 15.0. The van der Waals surface area contributed by atoms with Gasteiger partial charge in [-0.3, -0.25) is 14.6 Å². The highest BCUT2D eigenvalue weighted by Crippen LogP contribution is 2.62. The Hall–Kier alpha value is -3.82. The first-order chi connectivity index (χ1) is 20.6. The van der Waals surface area contributed by atoms with E-state index in [-0.39, 0.29) is 28.7 Å². The smallest absolute Gasteiger partial charge is 0.328 e. The van der Waals surface area contributed by atoms with Crippen LogP contribution in [0.15, 0.2) is 58.6 Å². The number of benzene rings is 1. The lowest BCUT2D eigenvalue weighted by molar-refractivity contribution is -0.173. The first-order valence-corrected chi connectivity index (χ1v) is 15.0. The Labute approximate surface area is 253 Å². The van der Waals surface area contributed by atoms with Crippen molar-refractivity contribution in [1.29, 1.82) is 0 Å². The van der Waals surface area contributed by atoms with Crippen molar-refractivity contribution in [1.82, 2.24) is 5.32 Å². The molecule has 43 heavy (non-hydrogen) atoms. The highest BCUT2D eigenvalue weighted by atomic mass is 16.7.